The van der Waals surface area contributed by atoms with Crippen molar-refractivity contribution in [3.63, 3.8) is 0 Å². The van der Waals surface area contributed by atoms with Gasteiger partial charge in [0, 0.05) is 23.2 Å². The summed E-state index contributed by atoms with van der Waals surface area (Å²) in [6.45, 7) is 4.69. The number of aliphatic hydroxyl groups is 1. The standard InChI is InChI=1S/C14H20BrNO/c1-2-11-4-3-7-16(9-11)13-6-5-12(10-17)14(15)8-13/h5-6,8,11,17H,2-4,7,9-10H2,1H3. The number of aliphatic hydroxyl groups excluding tert-OH is 1. The van der Waals surface area contributed by atoms with Crippen LogP contribution in [0.1, 0.15) is 31.7 Å². The minimum Gasteiger partial charge on any atom is -0.392 e. The highest BCUT2D eigenvalue weighted by Crippen LogP contribution is 2.28. The summed E-state index contributed by atoms with van der Waals surface area (Å²) in [7, 11) is 0. The Balaban J connectivity index is 2.13. The fraction of sp³-hybridized carbons (Fsp3) is 0.571. The smallest absolute Gasteiger partial charge is 0.0692 e. The van der Waals surface area contributed by atoms with E-state index in [4.69, 9.17) is 5.11 Å². The molecule has 0 aliphatic carbocycles. The van der Waals surface area contributed by atoms with E-state index >= 15 is 0 Å². The van der Waals surface area contributed by atoms with E-state index in [1.54, 1.807) is 0 Å². The average molecular weight is 298 g/mol. The average Bonchev–Trinajstić information content (AvgIpc) is 2.38. The highest BCUT2D eigenvalue weighted by Gasteiger charge is 2.19. The van der Waals surface area contributed by atoms with Gasteiger partial charge in [-0.3, -0.25) is 0 Å². The van der Waals surface area contributed by atoms with Crippen molar-refractivity contribution < 1.29 is 5.11 Å². The van der Waals surface area contributed by atoms with Gasteiger partial charge in [0.2, 0.25) is 0 Å². The van der Waals surface area contributed by atoms with Crippen molar-refractivity contribution >= 4 is 21.6 Å². The first-order valence-corrected chi connectivity index (χ1v) is 7.18. The summed E-state index contributed by atoms with van der Waals surface area (Å²) in [4.78, 5) is 2.46. The van der Waals surface area contributed by atoms with Crippen molar-refractivity contribution in [2.75, 3.05) is 18.0 Å². The molecule has 1 fully saturated rings. The Morgan fingerprint density at radius 1 is 1.47 bits per heavy atom. The molecule has 17 heavy (non-hydrogen) atoms. The Morgan fingerprint density at radius 2 is 2.29 bits per heavy atom. The molecule has 0 bridgehead atoms. The second-order valence-corrected chi connectivity index (χ2v) is 5.65. The Labute approximate surface area is 112 Å². The molecule has 0 amide bonds. The van der Waals surface area contributed by atoms with Gasteiger partial charge >= 0.3 is 0 Å². The molecule has 1 heterocycles. The van der Waals surface area contributed by atoms with E-state index < -0.39 is 0 Å². The van der Waals surface area contributed by atoms with Crippen molar-refractivity contribution in [2.45, 2.75) is 32.8 Å². The molecule has 1 aromatic carbocycles. The first-order chi connectivity index (χ1) is 8.24. The zero-order chi connectivity index (χ0) is 12.3. The normalized spacial score (nSPS) is 20.6. The molecule has 1 atom stereocenters. The van der Waals surface area contributed by atoms with E-state index in [-0.39, 0.29) is 6.61 Å². The van der Waals surface area contributed by atoms with E-state index in [0.717, 1.165) is 22.5 Å². The van der Waals surface area contributed by atoms with Gasteiger partial charge in [-0.05, 0) is 36.5 Å². The molecule has 1 aromatic rings. The highest BCUT2D eigenvalue weighted by molar-refractivity contribution is 9.10. The third-order valence-corrected chi connectivity index (χ3v) is 4.41. The van der Waals surface area contributed by atoms with Crippen LogP contribution in [0.15, 0.2) is 22.7 Å². The Hall–Kier alpha value is -0.540. The Morgan fingerprint density at radius 3 is 2.94 bits per heavy atom. The van der Waals surface area contributed by atoms with Gasteiger partial charge in [-0.25, -0.2) is 0 Å². The van der Waals surface area contributed by atoms with Gasteiger partial charge in [-0.2, -0.15) is 0 Å². The van der Waals surface area contributed by atoms with Gasteiger partial charge in [0.25, 0.3) is 0 Å². The number of benzene rings is 1. The van der Waals surface area contributed by atoms with Gasteiger partial charge in [0.1, 0.15) is 0 Å². The van der Waals surface area contributed by atoms with Crippen LogP contribution >= 0.6 is 15.9 Å². The predicted octanol–water partition coefficient (Wildman–Crippen LogP) is 3.57. The summed E-state index contributed by atoms with van der Waals surface area (Å²) in [5.74, 6) is 0.833. The van der Waals surface area contributed by atoms with Crippen LogP contribution in [0.4, 0.5) is 5.69 Å². The van der Waals surface area contributed by atoms with Crippen LogP contribution < -0.4 is 4.90 Å². The van der Waals surface area contributed by atoms with Crippen LogP contribution in [-0.4, -0.2) is 18.2 Å². The number of hydrogen-bond acceptors (Lipinski definition) is 2. The second kappa shape index (κ2) is 5.87. The molecule has 0 spiro atoms. The van der Waals surface area contributed by atoms with Gasteiger partial charge in [0.15, 0.2) is 0 Å². The molecule has 0 aromatic heterocycles. The van der Waals surface area contributed by atoms with Crippen LogP contribution in [0.5, 0.6) is 0 Å². The Kier molecular flexibility index (Phi) is 4.46. The van der Waals surface area contributed by atoms with E-state index in [1.165, 1.54) is 31.5 Å². The van der Waals surface area contributed by atoms with E-state index in [1.807, 2.05) is 6.07 Å². The number of anilines is 1. The highest BCUT2D eigenvalue weighted by atomic mass is 79.9. The second-order valence-electron chi connectivity index (χ2n) is 4.80. The molecule has 94 valence electrons. The molecule has 3 heteroatoms. The lowest BCUT2D eigenvalue weighted by Gasteiger charge is -2.34. The molecule has 2 rings (SSSR count). The number of nitrogens with zero attached hydrogens (tertiary/aromatic N) is 1. The van der Waals surface area contributed by atoms with Crippen molar-refractivity contribution in [2.24, 2.45) is 5.92 Å². The SMILES string of the molecule is CCC1CCCN(c2ccc(CO)c(Br)c2)C1. The zero-order valence-electron chi connectivity index (χ0n) is 10.3. The summed E-state index contributed by atoms with van der Waals surface area (Å²) < 4.78 is 1.01. The lowest BCUT2D eigenvalue weighted by atomic mass is 9.95. The monoisotopic (exact) mass is 297 g/mol. The van der Waals surface area contributed by atoms with Crippen LogP contribution in [0.3, 0.4) is 0 Å². The molecule has 0 saturated carbocycles. The maximum atomic E-state index is 9.16. The van der Waals surface area contributed by atoms with Crippen LogP contribution in [0.25, 0.3) is 0 Å². The lowest BCUT2D eigenvalue weighted by molar-refractivity contribution is 0.281. The summed E-state index contributed by atoms with van der Waals surface area (Å²) in [6.07, 6.45) is 3.92. The lowest BCUT2D eigenvalue weighted by Crippen LogP contribution is -2.35. The fourth-order valence-corrected chi connectivity index (χ4v) is 2.99. The van der Waals surface area contributed by atoms with Crippen LogP contribution in [0.2, 0.25) is 0 Å². The van der Waals surface area contributed by atoms with Gasteiger partial charge in [-0.1, -0.05) is 35.3 Å². The molecule has 2 nitrogen and oxygen atoms in total. The number of halogens is 1. The number of rotatable bonds is 3. The molecule has 1 aliphatic rings. The quantitative estimate of drug-likeness (QED) is 0.922. The number of piperidine rings is 1. The number of hydrogen-bond donors (Lipinski definition) is 1. The van der Waals surface area contributed by atoms with E-state index in [9.17, 15) is 0 Å². The van der Waals surface area contributed by atoms with Gasteiger partial charge in [-0.15, -0.1) is 0 Å². The summed E-state index contributed by atoms with van der Waals surface area (Å²) >= 11 is 3.52. The van der Waals surface area contributed by atoms with Crippen molar-refractivity contribution in [3.05, 3.63) is 28.2 Å². The summed E-state index contributed by atoms with van der Waals surface area (Å²) in [5, 5.41) is 9.16. The molecular formula is C14H20BrNO. The summed E-state index contributed by atoms with van der Waals surface area (Å²) in [5.41, 5.74) is 2.23. The largest absolute Gasteiger partial charge is 0.392 e. The molecule has 1 aliphatic heterocycles. The molecule has 1 saturated heterocycles. The first-order valence-electron chi connectivity index (χ1n) is 6.38. The van der Waals surface area contributed by atoms with Crippen LogP contribution in [-0.2, 0) is 6.61 Å². The van der Waals surface area contributed by atoms with Crippen molar-refractivity contribution in [1.82, 2.24) is 0 Å². The maximum Gasteiger partial charge on any atom is 0.0692 e. The van der Waals surface area contributed by atoms with Crippen LogP contribution in [0, 0.1) is 5.92 Å². The first kappa shape index (κ1) is 12.9. The van der Waals surface area contributed by atoms with E-state index in [2.05, 4.69) is 39.9 Å². The van der Waals surface area contributed by atoms with Gasteiger partial charge in [0.05, 0.1) is 6.61 Å². The third kappa shape index (κ3) is 3.02. The van der Waals surface area contributed by atoms with E-state index in [0.29, 0.717) is 0 Å². The van der Waals surface area contributed by atoms with Crippen molar-refractivity contribution in [3.8, 4) is 0 Å². The molecular weight excluding hydrogens is 278 g/mol. The molecule has 1 unspecified atom stereocenters. The minimum absolute atomic E-state index is 0.0957. The van der Waals surface area contributed by atoms with Crippen molar-refractivity contribution in [1.29, 1.82) is 0 Å². The Bertz CT molecular complexity index is 380. The maximum absolute atomic E-state index is 9.16. The molecule has 1 N–H and O–H groups in total. The molecule has 0 radical (unpaired) electrons. The minimum atomic E-state index is 0.0957. The van der Waals surface area contributed by atoms with Gasteiger partial charge < -0.3 is 10.0 Å². The zero-order valence-corrected chi connectivity index (χ0v) is 11.9. The predicted molar refractivity (Wildman–Crippen MR) is 75.3 cm³/mol. The topological polar surface area (TPSA) is 23.5 Å². The third-order valence-electron chi connectivity index (χ3n) is 3.67. The summed E-state index contributed by atoms with van der Waals surface area (Å²) in [6, 6.07) is 6.26. The fourth-order valence-electron chi connectivity index (χ4n) is 2.49.